The van der Waals surface area contributed by atoms with Crippen LogP contribution in [0.5, 0.6) is 0 Å². The van der Waals surface area contributed by atoms with E-state index in [0.717, 1.165) is 5.56 Å². The molecule has 0 aliphatic carbocycles. The predicted molar refractivity (Wildman–Crippen MR) is 93.9 cm³/mol. The summed E-state index contributed by atoms with van der Waals surface area (Å²) in [6.07, 6.45) is 1.54. The lowest BCUT2D eigenvalue weighted by Crippen LogP contribution is -2.60. The van der Waals surface area contributed by atoms with Crippen LogP contribution in [0.2, 0.25) is 0 Å². The molecule has 3 rings (SSSR count). The number of nitrogens with zero attached hydrogens (tertiary/aromatic N) is 1. The van der Waals surface area contributed by atoms with E-state index in [2.05, 4.69) is 5.32 Å². The minimum atomic E-state index is -3.49. The van der Waals surface area contributed by atoms with Crippen molar-refractivity contribution in [2.24, 2.45) is 0 Å². The number of thiophene rings is 1. The molecule has 3 heterocycles. The zero-order valence-corrected chi connectivity index (χ0v) is 15.7. The Balaban J connectivity index is 1.87. The van der Waals surface area contributed by atoms with Crippen molar-refractivity contribution in [2.75, 3.05) is 32.4 Å². The summed E-state index contributed by atoms with van der Waals surface area (Å²) in [5, 5.41) is 7.15. The number of hydrogen-bond acceptors (Lipinski definition) is 6. The molecule has 8 heteroatoms. The highest BCUT2D eigenvalue weighted by Crippen LogP contribution is 2.33. The average molecular weight is 373 g/mol. The van der Waals surface area contributed by atoms with Crippen molar-refractivity contribution in [3.8, 4) is 0 Å². The van der Waals surface area contributed by atoms with Gasteiger partial charge in [-0.25, -0.2) is 8.42 Å². The number of nitrogens with one attached hydrogen (secondary N) is 1. The lowest BCUT2D eigenvalue weighted by atomic mass is 9.94. The number of sulfone groups is 1. The highest BCUT2D eigenvalue weighted by molar-refractivity contribution is 7.92. The third kappa shape index (κ3) is 3.24. The van der Waals surface area contributed by atoms with Crippen LogP contribution in [0.15, 0.2) is 16.8 Å². The largest absolute Gasteiger partial charge is 0.367 e. The highest BCUT2D eigenvalue weighted by Gasteiger charge is 2.51. The van der Waals surface area contributed by atoms with Crippen LogP contribution in [0.3, 0.4) is 0 Å². The summed E-state index contributed by atoms with van der Waals surface area (Å²) in [6, 6.07) is 1.99. The van der Waals surface area contributed by atoms with Crippen LogP contribution in [0.4, 0.5) is 0 Å². The van der Waals surface area contributed by atoms with Crippen LogP contribution >= 0.6 is 11.3 Å². The number of carbonyl (C=O) groups is 1. The van der Waals surface area contributed by atoms with Gasteiger partial charge >= 0.3 is 0 Å². The van der Waals surface area contributed by atoms with Crippen molar-refractivity contribution in [1.29, 1.82) is 0 Å². The van der Waals surface area contributed by atoms with Crippen LogP contribution in [-0.4, -0.2) is 62.5 Å². The van der Waals surface area contributed by atoms with Gasteiger partial charge in [-0.05, 0) is 55.2 Å². The van der Waals surface area contributed by atoms with E-state index in [1.807, 2.05) is 23.8 Å². The molecule has 1 aromatic rings. The van der Waals surface area contributed by atoms with Crippen molar-refractivity contribution in [2.45, 2.75) is 36.7 Å². The Morgan fingerprint density at radius 3 is 2.67 bits per heavy atom. The van der Waals surface area contributed by atoms with Gasteiger partial charge in [0.15, 0.2) is 14.6 Å². The molecule has 2 aliphatic heterocycles. The second-order valence-corrected chi connectivity index (χ2v) is 9.82. The summed E-state index contributed by atoms with van der Waals surface area (Å²) < 4.78 is 29.6. The fraction of sp³-hybridized carbons (Fsp3) is 0.688. The Bertz CT molecular complexity index is 681. The first kappa shape index (κ1) is 17.8. The lowest BCUT2D eigenvalue weighted by molar-refractivity contribution is -0.148. The summed E-state index contributed by atoms with van der Waals surface area (Å²) in [5.74, 6) is -0.262. The Hall–Kier alpha value is -0.960. The summed E-state index contributed by atoms with van der Waals surface area (Å²) in [4.78, 5) is 14.9. The zero-order chi connectivity index (χ0) is 17.4. The standard InChI is InChI=1S/C16H24N2O4S2/c1-12-9-18(10-14(22-12)13-3-8-23-11-13)15(19)16(24(2,20)21)4-6-17-7-5-16/h3,8,11-12,14,17H,4-7,9-10H2,1-2H3. The third-order valence-electron chi connectivity index (χ3n) is 4.97. The topological polar surface area (TPSA) is 75.7 Å². The number of amides is 1. The minimum Gasteiger partial charge on any atom is -0.367 e. The predicted octanol–water partition coefficient (Wildman–Crippen LogP) is 1.20. The zero-order valence-electron chi connectivity index (χ0n) is 14.0. The molecule has 1 N–H and O–H groups in total. The van der Waals surface area contributed by atoms with Crippen LogP contribution in [0.1, 0.15) is 31.4 Å². The SMILES string of the molecule is CC1CN(C(=O)C2(S(C)(=O)=O)CCNCC2)CC(c2ccsc2)O1. The molecule has 24 heavy (non-hydrogen) atoms. The molecule has 0 bridgehead atoms. The van der Waals surface area contributed by atoms with Gasteiger partial charge in [0.05, 0.1) is 12.6 Å². The van der Waals surface area contributed by atoms with Crippen LogP contribution in [0, 0.1) is 0 Å². The van der Waals surface area contributed by atoms with Gasteiger partial charge in [-0.15, -0.1) is 0 Å². The monoisotopic (exact) mass is 372 g/mol. The van der Waals surface area contributed by atoms with Crippen molar-refractivity contribution in [3.63, 3.8) is 0 Å². The van der Waals surface area contributed by atoms with Crippen molar-refractivity contribution in [1.82, 2.24) is 10.2 Å². The molecule has 1 aromatic heterocycles. The highest BCUT2D eigenvalue weighted by atomic mass is 32.2. The van der Waals surface area contributed by atoms with Gasteiger partial charge in [-0.1, -0.05) is 0 Å². The Labute approximate surface area is 147 Å². The van der Waals surface area contributed by atoms with Crippen molar-refractivity contribution >= 4 is 27.1 Å². The normalized spacial score (nSPS) is 27.8. The van der Waals surface area contributed by atoms with Gasteiger partial charge in [0.2, 0.25) is 5.91 Å². The minimum absolute atomic E-state index is 0.120. The smallest absolute Gasteiger partial charge is 0.244 e. The van der Waals surface area contributed by atoms with Gasteiger partial charge in [0, 0.05) is 12.8 Å². The summed E-state index contributed by atoms with van der Waals surface area (Å²) in [7, 11) is -3.49. The van der Waals surface area contributed by atoms with E-state index < -0.39 is 14.6 Å². The van der Waals surface area contributed by atoms with Crippen LogP contribution in [-0.2, 0) is 19.4 Å². The number of ether oxygens (including phenoxy) is 1. The van der Waals surface area contributed by atoms with Gasteiger partial charge in [-0.2, -0.15) is 11.3 Å². The van der Waals surface area contributed by atoms with Gasteiger partial charge < -0.3 is 15.0 Å². The van der Waals surface area contributed by atoms with Gasteiger partial charge in [-0.3, -0.25) is 4.79 Å². The molecule has 0 spiro atoms. The molecule has 0 aromatic carbocycles. The van der Waals surface area contributed by atoms with Crippen LogP contribution in [0.25, 0.3) is 0 Å². The number of carbonyl (C=O) groups excluding carboxylic acids is 1. The molecule has 0 radical (unpaired) electrons. The second-order valence-electron chi connectivity index (χ2n) is 6.72. The average Bonchev–Trinajstić information content (AvgIpc) is 3.07. The van der Waals surface area contributed by atoms with Crippen molar-refractivity contribution in [3.05, 3.63) is 22.4 Å². The first-order chi connectivity index (χ1) is 11.3. The fourth-order valence-corrected chi connectivity index (χ4v) is 5.72. The molecular formula is C16H24N2O4S2. The molecule has 2 saturated heterocycles. The van der Waals surface area contributed by atoms with E-state index in [9.17, 15) is 13.2 Å². The maximum atomic E-state index is 13.2. The van der Waals surface area contributed by atoms with Crippen molar-refractivity contribution < 1.29 is 17.9 Å². The summed E-state index contributed by atoms with van der Waals surface area (Å²) >= 11 is 1.59. The van der Waals surface area contributed by atoms with E-state index in [4.69, 9.17) is 4.74 Å². The maximum Gasteiger partial charge on any atom is 0.244 e. The Morgan fingerprint density at radius 1 is 1.38 bits per heavy atom. The van der Waals surface area contributed by atoms with E-state index in [1.54, 1.807) is 16.2 Å². The molecule has 0 saturated carbocycles. The maximum absolute atomic E-state index is 13.2. The van der Waals surface area contributed by atoms with E-state index in [-0.39, 0.29) is 18.1 Å². The Kier molecular flexibility index (Phi) is 5.01. The number of rotatable bonds is 3. The fourth-order valence-electron chi connectivity index (χ4n) is 3.62. The third-order valence-corrected chi connectivity index (χ3v) is 7.68. The molecule has 1 amide bonds. The quantitative estimate of drug-likeness (QED) is 0.863. The van der Waals surface area contributed by atoms with Gasteiger partial charge in [0.1, 0.15) is 6.10 Å². The summed E-state index contributed by atoms with van der Waals surface area (Å²) in [5.41, 5.74) is 1.04. The van der Waals surface area contributed by atoms with Gasteiger partial charge in [0.25, 0.3) is 0 Å². The molecule has 2 unspecified atom stereocenters. The molecular weight excluding hydrogens is 348 g/mol. The molecule has 134 valence electrons. The first-order valence-electron chi connectivity index (χ1n) is 8.21. The molecule has 2 aliphatic rings. The number of hydrogen-bond donors (Lipinski definition) is 1. The van der Waals surface area contributed by atoms with E-state index >= 15 is 0 Å². The van der Waals surface area contributed by atoms with E-state index in [1.165, 1.54) is 6.26 Å². The van der Waals surface area contributed by atoms with Crippen LogP contribution < -0.4 is 5.32 Å². The second kappa shape index (κ2) is 6.74. The lowest BCUT2D eigenvalue weighted by Gasteiger charge is -2.43. The van der Waals surface area contributed by atoms with E-state index in [0.29, 0.717) is 39.0 Å². The first-order valence-corrected chi connectivity index (χ1v) is 11.0. The number of piperidine rings is 1. The number of morpholine rings is 1. The molecule has 2 fully saturated rings. The molecule has 2 atom stereocenters. The summed E-state index contributed by atoms with van der Waals surface area (Å²) in [6.45, 7) is 3.86. The Morgan fingerprint density at radius 2 is 2.08 bits per heavy atom. The molecule has 6 nitrogen and oxygen atoms in total.